The number of carbonyl (C=O) groups is 1. The van der Waals surface area contributed by atoms with Gasteiger partial charge in [0.2, 0.25) is 11.8 Å². The first-order chi connectivity index (χ1) is 13.5. The Morgan fingerprint density at radius 2 is 2.18 bits per heavy atom. The first-order valence-electron chi connectivity index (χ1n) is 9.33. The summed E-state index contributed by atoms with van der Waals surface area (Å²) in [4.78, 5) is 15.9. The largest absolute Gasteiger partial charge is 0.493 e. The van der Waals surface area contributed by atoms with E-state index in [0.717, 1.165) is 24.3 Å². The third-order valence-electron chi connectivity index (χ3n) is 4.50. The van der Waals surface area contributed by atoms with Gasteiger partial charge < -0.3 is 18.8 Å². The zero-order valence-corrected chi connectivity index (χ0v) is 17.3. The van der Waals surface area contributed by atoms with Crippen molar-refractivity contribution in [3.8, 4) is 11.5 Å². The quantitative estimate of drug-likeness (QED) is 0.593. The monoisotopic (exact) mass is 406 g/mol. The van der Waals surface area contributed by atoms with Crippen LogP contribution in [0, 0.1) is 4.84 Å². The fourth-order valence-corrected chi connectivity index (χ4v) is 3.41. The molecule has 0 bridgehead atoms. The Labute approximate surface area is 169 Å². The van der Waals surface area contributed by atoms with Gasteiger partial charge in [-0.1, -0.05) is 6.07 Å². The lowest BCUT2D eigenvalue weighted by molar-refractivity contribution is -0.128. The van der Waals surface area contributed by atoms with Gasteiger partial charge in [0.15, 0.2) is 11.5 Å². The average Bonchev–Trinajstić information content (AvgIpc) is 3.22. The maximum Gasteiger partial charge on any atom is 0.288 e. The zero-order chi connectivity index (χ0) is 20.1. The van der Waals surface area contributed by atoms with E-state index >= 15 is 0 Å². The summed E-state index contributed by atoms with van der Waals surface area (Å²) in [7, 11) is 3.61. The van der Waals surface area contributed by atoms with Crippen LogP contribution in [-0.4, -0.2) is 52.8 Å². The van der Waals surface area contributed by atoms with Crippen molar-refractivity contribution in [1.29, 1.82) is 0 Å². The van der Waals surface area contributed by atoms with Crippen LogP contribution in [0.15, 0.2) is 22.6 Å². The number of hydrogen-bond donors (Lipinski definition) is 0. The highest BCUT2D eigenvalue weighted by Crippen LogP contribution is 2.28. The molecule has 1 aromatic heterocycles. The van der Waals surface area contributed by atoms with E-state index in [1.54, 1.807) is 16.7 Å². The molecule has 1 aliphatic heterocycles. The van der Waals surface area contributed by atoms with E-state index in [2.05, 4.69) is 10.00 Å². The number of rotatable bonds is 9. The van der Waals surface area contributed by atoms with Crippen molar-refractivity contribution in [2.75, 3.05) is 27.3 Å². The minimum Gasteiger partial charge on any atom is -0.493 e. The summed E-state index contributed by atoms with van der Waals surface area (Å²) in [5.41, 5.74) is 1.08. The van der Waals surface area contributed by atoms with Crippen LogP contribution in [0.4, 0.5) is 0 Å². The van der Waals surface area contributed by atoms with Crippen LogP contribution in [0.3, 0.4) is 0 Å². The standard InChI is InChI=1S/C19H26N4O4S/c1-4-26-15-8-7-14(10-16(15)25-3)11-21(2)13-23-19(28)27-17(20-23)12-22-9-5-6-18(22)24/h7-8,10H,4-6,9,11-13H2,1-3H3. The number of ether oxygens (including phenoxy) is 2. The van der Waals surface area contributed by atoms with Crippen molar-refractivity contribution < 1.29 is 18.7 Å². The Hall–Kier alpha value is -2.39. The summed E-state index contributed by atoms with van der Waals surface area (Å²) in [6, 6.07) is 5.89. The molecule has 2 heterocycles. The second-order valence-corrected chi connectivity index (χ2v) is 7.10. The molecular weight excluding hydrogens is 380 g/mol. The van der Waals surface area contributed by atoms with Gasteiger partial charge in [-0.05, 0) is 50.3 Å². The molecule has 28 heavy (non-hydrogen) atoms. The van der Waals surface area contributed by atoms with Crippen molar-refractivity contribution in [3.63, 3.8) is 0 Å². The van der Waals surface area contributed by atoms with E-state index < -0.39 is 0 Å². The normalized spacial score (nSPS) is 14.1. The lowest BCUT2D eigenvalue weighted by Gasteiger charge is -2.17. The predicted octanol–water partition coefficient (Wildman–Crippen LogP) is 2.82. The van der Waals surface area contributed by atoms with Crippen molar-refractivity contribution in [1.82, 2.24) is 19.6 Å². The van der Waals surface area contributed by atoms with E-state index in [1.807, 2.05) is 32.2 Å². The highest BCUT2D eigenvalue weighted by atomic mass is 32.1. The van der Waals surface area contributed by atoms with Crippen LogP contribution in [0.1, 0.15) is 31.2 Å². The van der Waals surface area contributed by atoms with Crippen LogP contribution in [0.5, 0.6) is 11.5 Å². The number of amides is 1. The Morgan fingerprint density at radius 3 is 2.86 bits per heavy atom. The molecular formula is C19H26N4O4S. The molecule has 1 aliphatic rings. The number of aromatic nitrogens is 2. The maximum absolute atomic E-state index is 11.8. The molecule has 0 radical (unpaired) electrons. The molecule has 8 nitrogen and oxygen atoms in total. The molecule has 1 saturated heterocycles. The summed E-state index contributed by atoms with van der Waals surface area (Å²) in [6.45, 7) is 4.80. The lowest BCUT2D eigenvalue weighted by atomic mass is 10.2. The molecule has 0 spiro atoms. The maximum atomic E-state index is 11.8. The molecule has 1 amide bonds. The van der Waals surface area contributed by atoms with Gasteiger partial charge >= 0.3 is 0 Å². The van der Waals surface area contributed by atoms with Crippen molar-refractivity contribution in [2.45, 2.75) is 39.5 Å². The average molecular weight is 407 g/mol. The highest BCUT2D eigenvalue weighted by Gasteiger charge is 2.22. The number of methoxy groups -OCH3 is 1. The number of carbonyl (C=O) groups excluding carboxylic acids is 1. The third-order valence-corrected chi connectivity index (χ3v) is 4.80. The first-order valence-corrected chi connectivity index (χ1v) is 9.73. The summed E-state index contributed by atoms with van der Waals surface area (Å²) in [6.07, 6.45) is 1.48. The smallest absolute Gasteiger partial charge is 0.288 e. The van der Waals surface area contributed by atoms with Gasteiger partial charge in [-0.2, -0.15) is 0 Å². The molecule has 9 heteroatoms. The van der Waals surface area contributed by atoms with E-state index in [4.69, 9.17) is 26.1 Å². The van der Waals surface area contributed by atoms with E-state index in [1.165, 1.54) is 0 Å². The van der Waals surface area contributed by atoms with Gasteiger partial charge in [-0.3, -0.25) is 9.69 Å². The topological polar surface area (TPSA) is 73.0 Å². The molecule has 0 unspecified atom stereocenters. The van der Waals surface area contributed by atoms with E-state index in [9.17, 15) is 4.79 Å². The number of likely N-dealkylation sites (tertiary alicyclic amines) is 1. The van der Waals surface area contributed by atoms with Gasteiger partial charge in [0, 0.05) is 19.5 Å². The Bertz CT molecular complexity index is 879. The summed E-state index contributed by atoms with van der Waals surface area (Å²) >= 11 is 5.28. The summed E-state index contributed by atoms with van der Waals surface area (Å²) in [5, 5.41) is 4.43. The van der Waals surface area contributed by atoms with Crippen LogP contribution in [0.25, 0.3) is 0 Å². The predicted molar refractivity (Wildman–Crippen MR) is 106 cm³/mol. The Balaban J connectivity index is 1.62. The van der Waals surface area contributed by atoms with Crippen molar-refractivity contribution in [2.24, 2.45) is 0 Å². The summed E-state index contributed by atoms with van der Waals surface area (Å²) < 4.78 is 18.2. The first kappa shape index (κ1) is 20.3. The summed E-state index contributed by atoms with van der Waals surface area (Å²) in [5.74, 6) is 2.05. The Kier molecular flexibility index (Phi) is 6.69. The van der Waals surface area contributed by atoms with Gasteiger partial charge in [0.1, 0.15) is 0 Å². The van der Waals surface area contributed by atoms with Crippen molar-refractivity contribution >= 4 is 18.1 Å². The lowest BCUT2D eigenvalue weighted by Crippen LogP contribution is -2.25. The molecule has 0 saturated carbocycles. The molecule has 0 aliphatic carbocycles. The molecule has 1 fully saturated rings. The second-order valence-electron chi connectivity index (χ2n) is 6.75. The Morgan fingerprint density at radius 1 is 1.36 bits per heavy atom. The second kappa shape index (κ2) is 9.20. The third kappa shape index (κ3) is 4.90. The van der Waals surface area contributed by atoms with Gasteiger partial charge in [0.05, 0.1) is 26.9 Å². The number of hydrogen-bond acceptors (Lipinski definition) is 7. The molecule has 2 aromatic rings. The van der Waals surface area contributed by atoms with Crippen LogP contribution in [-0.2, 0) is 24.6 Å². The van der Waals surface area contributed by atoms with E-state index in [-0.39, 0.29) is 5.91 Å². The van der Waals surface area contributed by atoms with Gasteiger partial charge in [-0.15, -0.1) is 5.10 Å². The molecule has 152 valence electrons. The SMILES string of the molecule is CCOc1ccc(CN(C)Cn2nc(CN3CCCC3=O)oc2=S)cc1OC. The number of nitrogens with zero attached hydrogens (tertiary/aromatic N) is 4. The molecule has 0 atom stereocenters. The molecule has 1 aromatic carbocycles. The molecule has 3 rings (SSSR count). The molecule has 0 N–H and O–H groups in total. The fourth-order valence-electron chi connectivity index (χ4n) is 3.21. The van der Waals surface area contributed by atoms with Crippen LogP contribution in [0.2, 0.25) is 0 Å². The van der Waals surface area contributed by atoms with Crippen LogP contribution < -0.4 is 9.47 Å². The fraction of sp³-hybridized carbons (Fsp3) is 0.526. The van der Waals surface area contributed by atoms with E-state index in [0.29, 0.717) is 49.3 Å². The minimum atomic E-state index is 0.136. The zero-order valence-electron chi connectivity index (χ0n) is 16.5. The van der Waals surface area contributed by atoms with Gasteiger partial charge in [-0.25, -0.2) is 4.68 Å². The minimum absolute atomic E-state index is 0.136. The van der Waals surface area contributed by atoms with Crippen molar-refractivity contribution in [3.05, 3.63) is 34.5 Å². The van der Waals surface area contributed by atoms with Gasteiger partial charge in [0.25, 0.3) is 4.84 Å². The number of benzene rings is 1. The highest BCUT2D eigenvalue weighted by molar-refractivity contribution is 7.71. The van der Waals surface area contributed by atoms with Crippen LogP contribution >= 0.6 is 12.2 Å².